The summed E-state index contributed by atoms with van der Waals surface area (Å²) >= 11 is 0. The molecule has 1 aliphatic heterocycles. The molecule has 5 nitrogen and oxygen atoms in total. The Labute approximate surface area is 242 Å². The molecule has 1 atom stereocenters. The van der Waals surface area contributed by atoms with Gasteiger partial charge in [0.25, 0.3) is 0 Å². The van der Waals surface area contributed by atoms with Gasteiger partial charge in [-0.05, 0) is 76.9 Å². The van der Waals surface area contributed by atoms with Gasteiger partial charge < -0.3 is 15.2 Å². The van der Waals surface area contributed by atoms with Gasteiger partial charge in [-0.3, -0.25) is 9.69 Å². The number of esters is 1. The first-order valence-electron chi connectivity index (χ1n) is 17.4. The smallest absolute Gasteiger partial charge is 0.305 e. The maximum absolute atomic E-state index is 12.5. The highest BCUT2D eigenvalue weighted by Gasteiger charge is 2.33. The molecule has 1 heterocycles. The molecule has 2 aliphatic rings. The fourth-order valence-electron chi connectivity index (χ4n) is 6.69. The molecule has 1 unspecified atom stereocenters. The van der Waals surface area contributed by atoms with Gasteiger partial charge in [-0.1, -0.05) is 104 Å². The van der Waals surface area contributed by atoms with Gasteiger partial charge in [0, 0.05) is 19.0 Å². The van der Waals surface area contributed by atoms with Crippen molar-refractivity contribution in [2.75, 3.05) is 32.8 Å². The van der Waals surface area contributed by atoms with Crippen LogP contribution in [0.3, 0.4) is 0 Å². The highest BCUT2D eigenvalue weighted by molar-refractivity contribution is 5.69. The van der Waals surface area contributed by atoms with E-state index >= 15 is 0 Å². The van der Waals surface area contributed by atoms with Crippen molar-refractivity contribution in [2.24, 2.45) is 5.92 Å². The van der Waals surface area contributed by atoms with Gasteiger partial charge in [0.15, 0.2) is 0 Å². The van der Waals surface area contributed by atoms with Crippen molar-refractivity contribution in [3.63, 3.8) is 0 Å². The van der Waals surface area contributed by atoms with Gasteiger partial charge in [-0.15, -0.1) is 0 Å². The number of nitrogens with one attached hydrogen (secondary N) is 1. The van der Waals surface area contributed by atoms with Crippen LogP contribution in [0, 0.1) is 5.92 Å². The zero-order chi connectivity index (χ0) is 28.0. The lowest BCUT2D eigenvalue weighted by molar-refractivity contribution is -0.145. The van der Waals surface area contributed by atoms with E-state index < -0.39 is 5.60 Å². The van der Waals surface area contributed by atoms with Crippen LogP contribution in [0.4, 0.5) is 0 Å². The van der Waals surface area contributed by atoms with Crippen LogP contribution in [0.5, 0.6) is 0 Å². The van der Waals surface area contributed by atoms with Crippen LogP contribution in [0.25, 0.3) is 0 Å². The predicted octanol–water partition coefficient (Wildman–Crippen LogP) is 8.18. The van der Waals surface area contributed by atoms with Crippen LogP contribution in [-0.2, 0) is 9.53 Å². The Kier molecular flexibility index (Phi) is 19.5. The van der Waals surface area contributed by atoms with E-state index in [0.717, 1.165) is 58.3 Å². The van der Waals surface area contributed by atoms with Crippen LogP contribution < -0.4 is 5.32 Å². The summed E-state index contributed by atoms with van der Waals surface area (Å²) in [6.07, 6.45) is 27.5. The topological polar surface area (TPSA) is 61.8 Å². The van der Waals surface area contributed by atoms with E-state index in [4.69, 9.17) is 4.74 Å². The second kappa shape index (κ2) is 22.0. The van der Waals surface area contributed by atoms with Crippen molar-refractivity contribution in [3.05, 3.63) is 0 Å². The van der Waals surface area contributed by atoms with E-state index in [-0.39, 0.29) is 5.97 Å². The lowest BCUT2D eigenvalue weighted by atomic mass is 9.88. The third-order valence-corrected chi connectivity index (χ3v) is 9.36. The number of piperidine rings is 1. The van der Waals surface area contributed by atoms with E-state index in [0.29, 0.717) is 25.0 Å². The molecular formula is C34H66N2O3. The molecule has 230 valence electrons. The number of nitrogens with zero attached hydrogens (tertiary/aromatic N) is 1. The molecule has 0 aromatic rings. The summed E-state index contributed by atoms with van der Waals surface area (Å²) in [6.45, 7) is 8.89. The third kappa shape index (κ3) is 16.4. The normalized spacial score (nSPS) is 18.9. The van der Waals surface area contributed by atoms with Crippen LogP contribution in [0.15, 0.2) is 0 Å². The fraction of sp³-hybridized carbons (Fsp3) is 0.971. The Balaban J connectivity index is 1.65. The first kappa shape index (κ1) is 34.6. The zero-order valence-corrected chi connectivity index (χ0v) is 26.2. The minimum Gasteiger partial charge on any atom is -0.465 e. The molecular weight excluding hydrogens is 484 g/mol. The summed E-state index contributed by atoms with van der Waals surface area (Å²) in [5.41, 5.74) is -0.533. The van der Waals surface area contributed by atoms with E-state index in [1.165, 1.54) is 109 Å². The summed E-state index contributed by atoms with van der Waals surface area (Å²) < 4.78 is 5.81. The zero-order valence-electron chi connectivity index (χ0n) is 26.2. The second-order valence-corrected chi connectivity index (χ2v) is 13.0. The minimum absolute atomic E-state index is 0.00431. The molecule has 0 aromatic heterocycles. The molecule has 1 saturated heterocycles. The molecule has 39 heavy (non-hydrogen) atoms. The monoisotopic (exact) mass is 551 g/mol. The molecule has 2 N–H and O–H groups in total. The van der Waals surface area contributed by atoms with Gasteiger partial charge >= 0.3 is 5.97 Å². The van der Waals surface area contributed by atoms with Crippen molar-refractivity contribution >= 4 is 5.97 Å². The average Bonchev–Trinajstić information content (AvgIpc) is 2.95. The molecule has 0 bridgehead atoms. The molecule has 1 aliphatic carbocycles. The van der Waals surface area contributed by atoms with Crippen molar-refractivity contribution in [3.8, 4) is 0 Å². The maximum atomic E-state index is 12.5. The van der Waals surface area contributed by atoms with E-state index in [1.807, 2.05) is 0 Å². The summed E-state index contributed by atoms with van der Waals surface area (Å²) in [5, 5.41) is 14.6. The average molecular weight is 551 g/mol. The van der Waals surface area contributed by atoms with E-state index in [1.54, 1.807) is 0 Å². The predicted molar refractivity (Wildman–Crippen MR) is 165 cm³/mol. The number of hydrogen-bond acceptors (Lipinski definition) is 5. The Morgan fingerprint density at radius 3 is 2.10 bits per heavy atom. The molecule has 0 aromatic carbocycles. The van der Waals surface area contributed by atoms with Gasteiger partial charge in [-0.25, -0.2) is 0 Å². The number of hydrogen-bond donors (Lipinski definition) is 2. The highest BCUT2D eigenvalue weighted by atomic mass is 16.5. The first-order valence-corrected chi connectivity index (χ1v) is 17.4. The Hall–Kier alpha value is -0.650. The van der Waals surface area contributed by atoms with Crippen LogP contribution in [-0.4, -0.2) is 60.4 Å². The van der Waals surface area contributed by atoms with Crippen LogP contribution >= 0.6 is 0 Å². The van der Waals surface area contributed by atoms with Gasteiger partial charge in [0.05, 0.1) is 12.2 Å². The Morgan fingerprint density at radius 2 is 1.44 bits per heavy atom. The second-order valence-electron chi connectivity index (χ2n) is 13.0. The molecule has 0 spiro atoms. The quantitative estimate of drug-likeness (QED) is 0.0992. The molecule has 5 heteroatoms. The van der Waals surface area contributed by atoms with Gasteiger partial charge in [0.1, 0.15) is 0 Å². The fourth-order valence-corrected chi connectivity index (χ4v) is 6.69. The number of ether oxygens (including phenoxy) is 1. The SMILES string of the molecule is CCCCCCCCC(CCCCCC)COC(=O)CCCCCN(CC1(O)CCNCC1)C1CCCCC1. The van der Waals surface area contributed by atoms with Crippen molar-refractivity contribution in [1.82, 2.24) is 10.2 Å². The first-order chi connectivity index (χ1) is 19.1. The standard InChI is InChI=1S/C34H66N2O3/c1-3-5-7-9-10-14-20-31(19-13-8-6-4-2)29-39-33(37)23-17-12-18-28-36(32-21-15-11-16-22-32)30-34(38)24-26-35-27-25-34/h31-32,35,38H,3-30H2,1-2H3. The van der Waals surface area contributed by atoms with Crippen LogP contribution in [0.1, 0.15) is 162 Å². The van der Waals surface area contributed by atoms with Gasteiger partial charge in [-0.2, -0.15) is 0 Å². The summed E-state index contributed by atoms with van der Waals surface area (Å²) in [4.78, 5) is 15.2. The largest absolute Gasteiger partial charge is 0.465 e. The van der Waals surface area contributed by atoms with E-state index in [2.05, 4.69) is 24.1 Å². The molecule has 0 radical (unpaired) electrons. The molecule has 0 amide bonds. The van der Waals surface area contributed by atoms with Gasteiger partial charge in [0.2, 0.25) is 0 Å². The van der Waals surface area contributed by atoms with Crippen molar-refractivity contribution in [2.45, 2.75) is 173 Å². The van der Waals surface area contributed by atoms with Crippen molar-refractivity contribution in [1.29, 1.82) is 0 Å². The number of unbranched alkanes of at least 4 members (excludes halogenated alkanes) is 10. The third-order valence-electron chi connectivity index (χ3n) is 9.36. The number of aliphatic hydroxyl groups is 1. The lowest BCUT2D eigenvalue weighted by Gasteiger charge is -2.42. The number of rotatable bonds is 23. The molecule has 2 rings (SSSR count). The minimum atomic E-state index is -0.533. The Bertz CT molecular complexity index is 587. The van der Waals surface area contributed by atoms with Crippen molar-refractivity contribution < 1.29 is 14.6 Å². The highest BCUT2D eigenvalue weighted by Crippen LogP contribution is 2.27. The summed E-state index contributed by atoms with van der Waals surface area (Å²) in [6, 6.07) is 0.628. The maximum Gasteiger partial charge on any atom is 0.305 e. The lowest BCUT2D eigenvalue weighted by Crippen LogP contribution is -2.52. The summed E-state index contributed by atoms with van der Waals surface area (Å²) in [5.74, 6) is 0.548. The number of carbonyl (C=O) groups excluding carboxylic acids is 1. The van der Waals surface area contributed by atoms with Crippen LogP contribution in [0.2, 0.25) is 0 Å². The summed E-state index contributed by atoms with van der Waals surface area (Å²) in [7, 11) is 0. The molecule has 1 saturated carbocycles. The van der Waals surface area contributed by atoms with E-state index in [9.17, 15) is 9.90 Å². The number of carbonyl (C=O) groups is 1. The molecule has 2 fully saturated rings. The Morgan fingerprint density at radius 1 is 0.846 bits per heavy atom.